The molecule has 0 radical (unpaired) electrons. The standard InChI is InChI=1S/C30H24N2O6/c1-37-19-11-7-17(8-12-19)25(18-9-13-20(38-2)14-10-18)26-21-15-16-22(26)28-27(21)29(33)31(30(28)34)23-5-3-4-6-24(23)32(35)36/h3-16,21-22,27-28H,1-2H3/t21-,22-,27-,28+/m1/s1. The number of nitro groups is 1. The van der Waals surface area contributed by atoms with Gasteiger partial charge in [0.25, 0.3) is 5.69 Å². The number of methoxy groups -OCH3 is 2. The third-order valence-corrected chi connectivity index (χ3v) is 7.78. The first kappa shape index (κ1) is 23.7. The summed E-state index contributed by atoms with van der Waals surface area (Å²) in [5, 5.41) is 11.6. The van der Waals surface area contributed by atoms with Crippen molar-refractivity contribution in [3.63, 3.8) is 0 Å². The second-order valence-corrected chi connectivity index (χ2v) is 9.53. The molecule has 8 nitrogen and oxygen atoms in total. The van der Waals surface area contributed by atoms with Crippen molar-refractivity contribution in [2.75, 3.05) is 19.1 Å². The van der Waals surface area contributed by atoms with Crippen molar-refractivity contribution in [1.29, 1.82) is 0 Å². The summed E-state index contributed by atoms with van der Waals surface area (Å²) in [7, 11) is 3.22. The smallest absolute Gasteiger partial charge is 0.293 e. The van der Waals surface area contributed by atoms with Crippen LogP contribution in [0, 0.1) is 33.8 Å². The lowest BCUT2D eigenvalue weighted by molar-refractivity contribution is -0.384. The van der Waals surface area contributed by atoms with E-state index in [9.17, 15) is 19.7 Å². The maximum absolute atomic E-state index is 13.8. The molecule has 1 aliphatic heterocycles. The number of rotatable bonds is 6. The lowest BCUT2D eigenvalue weighted by Gasteiger charge is -2.21. The summed E-state index contributed by atoms with van der Waals surface area (Å²) in [4.78, 5) is 39.6. The van der Waals surface area contributed by atoms with Gasteiger partial charge in [-0.15, -0.1) is 0 Å². The minimum atomic E-state index is -0.612. The lowest BCUT2D eigenvalue weighted by Crippen LogP contribution is -2.33. The summed E-state index contributed by atoms with van der Waals surface area (Å²) >= 11 is 0. The fraction of sp³-hybridized carbons (Fsp3) is 0.200. The van der Waals surface area contributed by atoms with Gasteiger partial charge in [-0.2, -0.15) is 0 Å². The van der Waals surface area contributed by atoms with E-state index in [1.165, 1.54) is 18.2 Å². The zero-order valence-electron chi connectivity index (χ0n) is 20.7. The van der Waals surface area contributed by atoms with Crippen molar-refractivity contribution in [2.45, 2.75) is 0 Å². The van der Waals surface area contributed by atoms with Gasteiger partial charge < -0.3 is 9.47 Å². The fourth-order valence-corrected chi connectivity index (χ4v) is 6.16. The van der Waals surface area contributed by atoms with E-state index in [-0.39, 0.29) is 23.2 Å². The number of anilines is 1. The molecule has 2 aliphatic carbocycles. The molecular formula is C30H24N2O6. The Morgan fingerprint density at radius 3 is 1.68 bits per heavy atom. The van der Waals surface area contributed by atoms with Crippen molar-refractivity contribution >= 4 is 28.8 Å². The number of carbonyl (C=O) groups excluding carboxylic acids is 2. The van der Waals surface area contributed by atoms with Crippen LogP contribution in [0.3, 0.4) is 0 Å². The third kappa shape index (κ3) is 3.44. The minimum Gasteiger partial charge on any atom is -0.497 e. The first-order chi connectivity index (χ1) is 18.4. The lowest BCUT2D eigenvalue weighted by atomic mass is 9.85. The predicted molar refractivity (Wildman–Crippen MR) is 141 cm³/mol. The van der Waals surface area contributed by atoms with Crippen molar-refractivity contribution in [2.24, 2.45) is 23.7 Å². The number of para-hydroxylation sites is 2. The van der Waals surface area contributed by atoms with Crippen LogP contribution in [0.2, 0.25) is 0 Å². The Balaban J connectivity index is 1.48. The number of hydrogen-bond donors (Lipinski definition) is 0. The predicted octanol–water partition coefficient (Wildman–Crippen LogP) is 5.04. The SMILES string of the molecule is COc1ccc(C(=C2[C@H]3C=C[C@H]2[C@H]2C(=O)N(c4ccccc4[N+](=O)[O-])C(=O)[C@H]23)c2ccc(OC)cc2)cc1. The van der Waals surface area contributed by atoms with Crippen molar-refractivity contribution in [1.82, 2.24) is 0 Å². The van der Waals surface area contributed by atoms with Gasteiger partial charge in [0.05, 0.1) is 31.0 Å². The number of hydrogen-bond acceptors (Lipinski definition) is 6. The zero-order valence-corrected chi connectivity index (χ0v) is 20.7. The highest BCUT2D eigenvalue weighted by molar-refractivity contribution is 6.24. The molecule has 3 aromatic rings. The topological polar surface area (TPSA) is 99.0 Å². The molecule has 2 bridgehead atoms. The van der Waals surface area contributed by atoms with Gasteiger partial charge in [0.2, 0.25) is 11.8 Å². The second kappa shape index (κ2) is 8.99. The Morgan fingerprint density at radius 2 is 1.24 bits per heavy atom. The largest absolute Gasteiger partial charge is 0.497 e. The van der Waals surface area contributed by atoms with Crippen LogP contribution in [0.5, 0.6) is 11.5 Å². The number of amides is 2. The van der Waals surface area contributed by atoms with Gasteiger partial charge in [0.15, 0.2) is 0 Å². The first-order valence-corrected chi connectivity index (χ1v) is 12.3. The average molecular weight is 509 g/mol. The molecule has 0 unspecified atom stereocenters. The number of benzene rings is 3. The molecule has 3 aliphatic rings. The summed E-state index contributed by atoms with van der Waals surface area (Å²) < 4.78 is 10.7. The van der Waals surface area contributed by atoms with Crippen LogP contribution in [0.1, 0.15) is 11.1 Å². The van der Waals surface area contributed by atoms with Crippen molar-refractivity contribution in [3.8, 4) is 11.5 Å². The van der Waals surface area contributed by atoms with Gasteiger partial charge in [0.1, 0.15) is 17.2 Å². The van der Waals surface area contributed by atoms with Crippen LogP contribution >= 0.6 is 0 Å². The molecule has 6 rings (SSSR count). The maximum Gasteiger partial charge on any atom is 0.293 e. The van der Waals surface area contributed by atoms with Gasteiger partial charge in [-0.25, -0.2) is 4.90 Å². The van der Waals surface area contributed by atoms with Crippen molar-refractivity contribution < 1.29 is 24.0 Å². The van der Waals surface area contributed by atoms with E-state index in [0.717, 1.165) is 38.7 Å². The molecule has 1 saturated carbocycles. The highest BCUT2D eigenvalue weighted by Crippen LogP contribution is 2.59. The van der Waals surface area contributed by atoms with Gasteiger partial charge in [0, 0.05) is 17.9 Å². The number of allylic oxidation sites excluding steroid dienone is 3. The quantitative estimate of drug-likeness (QED) is 0.200. The van der Waals surface area contributed by atoms with E-state index in [1.807, 2.05) is 60.7 Å². The van der Waals surface area contributed by atoms with E-state index in [4.69, 9.17) is 9.47 Å². The van der Waals surface area contributed by atoms with Crippen molar-refractivity contribution in [3.05, 3.63) is 112 Å². The monoisotopic (exact) mass is 508 g/mol. The van der Waals surface area contributed by atoms with Crippen LogP contribution in [0.15, 0.2) is 90.5 Å². The molecule has 4 atom stereocenters. The summed E-state index contributed by atoms with van der Waals surface area (Å²) in [6, 6.07) is 21.3. The molecular weight excluding hydrogens is 484 g/mol. The molecule has 2 fully saturated rings. The molecule has 3 aromatic carbocycles. The van der Waals surface area contributed by atoms with E-state index in [0.29, 0.717) is 0 Å². The number of fused-ring (bicyclic) bond motifs is 5. The van der Waals surface area contributed by atoms with Gasteiger partial charge >= 0.3 is 0 Å². The molecule has 38 heavy (non-hydrogen) atoms. The molecule has 0 spiro atoms. The van der Waals surface area contributed by atoms with E-state index in [1.54, 1.807) is 20.3 Å². The Kier molecular flexibility index (Phi) is 5.60. The average Bonchev–Trinajstić information content (AvgIpc) is 3.58. The van der Waals surface area contributed by atoms with Crippen LogP contribution in [-0.2, 0) is 9.59 Å². The van der Waals surface area contributed by atoms with E-state index < -0.39 is 28.6 Å². The summed E-state index contributed by atoms with van der Waals surface area (Å²) in [6.07, 6.45) is 4.00. The fourth-order valence-electron chi connectivity index (χ4n) is 6.16. The number of carbonyl (C=O) groups is 2. The third-order valence-electron chi connectivity index (χ3n) is 7.78. The summed E-state index contributed by atoms with van der Waals surface area (Å²) in [5.74, 6) is -1.16. The Morgan fingerprint density at radius 1 is 0.763 bits per heavy atom. The summed E-state index contributed by atoms with van der Waals surface area (Å²) in [5.41, 5.74) is 3.63. The minimum absolute atomic E-state index is 0.0253. The van der Waals surface area contributed by atoms with Gasteiger partial charge in [-0.1, -0.05) is 48.6 Å². The number of imide groups is 1. The Bertz CT molecular complexity index is 1440. The first-order valence-electron chi connectivity index (χ1n) is 12.3. The highest BCUT2D eigenvalue weighted by atomic mass is 16.6. The van der Waals surface area contributed by atoms with Crippen LogP contribution < -0.4 is 14.4 Å². The Hall–Kier alpha value is -4.72. The maximum atomic E-state index is 13.8. The molecule has 0 N–H and O–H groups in total. The normalized spacial score (nSPS) is 23.1. The van der Waals surface area contributed by atoms with E-state index >= 15 is 0 Å². The molecule has 2 amide bonds. The van der Waals surface area contributed by atoms with Crippen LogP contribution in [0.4, 0.5) is 11.4 Å². The number of nitro benzene ring substituents is 1. The Labute approximate surface area is 218 Å². The molecule has 1 saturated heterocycles. The molecule has 190 valence electrons. The zero-order chi connectivity index (χ0) is 26.6. The summed E-state index contributed by atoms with van der Waals surface area (Å²) in [6.45, 7) is 0. The van der Waals surface area contributed by atoms with Gasteiger partial charge in [-0.05, 0) is 52.6 Å². The van der Waals surface area contributed by atoms with E-state index in [2.05, 4.69) is 0 Å². The van der Waals surface area contributed by atoms with Crippen LogP contribution in [0.25, 0.3) is 5.57 Å². The van der Waals surface area contributed by atoms with Crippen LogP contribution in [-0.4, -0.2) is 31.0 Å². The highest BCUT2D eigenvalue weighted by Gasteiger charge is 2.63. The molecule has 8 heteroatoms. The number of nitrogens with zero attached hydrogens (tertiary/aromatic N) is 2. The molecule has 1 heterocycles. The molecule has 0 aromatic heterocycles. The van der Waals surface area contributed by atoms with Gasteiger partial charge in [-0.3, -0.25) is 19.7 Å². The second-order valence-electron chi connectivity index (χ2n) is 9.53. The number of ether oxygens (including phenoxy) is 2.